The number of rotatable bonds is 6. The number of aliphatic carboxylic acids is 1. The molecule has 1 heterocycles. The molecule has 7 nitrogen and oxygen atoms in total. The maximum absolute atomic E-state index is 13.3. The number of aromatic nitrogens is 2. The van der Waals surface area contributed by atoms with Crippen LogP contribution in [0.4, 0.5) is 10.1 Å². The van der Waals surface area contributed by atoms with Crippen molar-refractivity contribution in [3.63, 3.8) is 0 Å². The summed E-state index contributed by atoms with van der Waals surface area (Å²) in [6.45, 7) is 0.150. The van der Waals surface area contributed by atoms with Gasteiger partial charge in [0, 0.05) is 12.1 Å². The average Bonchev–Trinajstić information content (AvgIpc) is 2.65. The van der Waals surface area contributed by atoms with Gasteiger partial charge in [-0.05, 0) is 35.9 Å². The highest BCUT2D eigenvalue weighted by atomic mass is 35.5. The molecular formula is C19H15ClFN3O4. The maximum atomic E-state index is 13.3. The van der Waals surface area contributed by atoms with E-state index >= 15 is 0 Å². The number of anilines is 1. The van der Waals surface area contributed by atoms with Gasteiger partial charge in [-0.3, -0.25) is 19.0 Å². The Morgan fingerprint density at radius 1 is 1.18 bits per heavy atom. The van der Waals surface area contributed by atoms with E-state index in [0.717, 1.165) is 0 Å². The van der Waals surface area contributed by atoms with Crippen molar-refractivity contribution in [2.24, 2.45) is 0 Å². The Bertz CT molecular complexity index is 1130. The van der Waals surface area contributed by atoms with Crippen LogP contribution in [0.15, 0.2) is 47.5 Å². The van der Waals surface area contributed by atoms with Gasteiger partial charge in [-0.25, -0.2) is 9.37 Å². The van der Waals surface area contributed by atoms with E-state index in [2.05, 4.69) is 10.3 Å². The van der Waals surface area contributed by atoms with Crippen LogP contribution in [0.5, 0.6) is 0 Å². The van der Waals surface area contributed by atoms with E-state index in [1.807, 2.05) is 0 Å². The minimum absolute atomic E-state index is 0.0364. The number of nitrogens with one attached hydrogen (secondary N) is 1. The van der Waals surface area contributed by atoms with Crippen LogP contribution in [0.25, 0.3) is 10.9 Å². The minimum Gasteiger partial charge on any atom is -0.481 e. The summed E-state index contributed by atoms with van der Waals surface area (Å²) in [6.07, 6.45) is 0.928. The Morgan fingerprint density at radius 3 is 2.68 bits per heavy atom. The molecule has 2 aromatic carbocycles. The first-order valence-corrected chi connectivity index (χ1v) is 8.66. The fourth-order valence-electron chi connectivity index (χ4n) is 2.63. The number of carboxylic acid groups (broad SMARTS) is 1. The third kappa shape index (κ3) is 4.52. The normalized spacial score (nSPS) is 10.8. The molecule has 0 saturated heterocycles. The molecule has 9 heteroatoms. The molecule has 0 fully saturated rings. The van der Waals surface area contributed by atoms with Crippen LogP contribution in [0.3, 0.4) is 0 Å². The number of halogens is 2. The monoisotopic (exact) mass is 403 g/mol. The summed E-state index contributed by atoms with van der Waals surface area (Å²) in [4.78, 5) is 39.3. The number of carbonyl (C=O) groups excluding carboxylic acids is 1. The lowest BCUT2D eigenvalue weighted by molar-refractivity contribution is -0.138. The molecule has 144 valence electrons. The second kappa shape index (κ2) is 8.18. The fraction of sp³-hybridized carbons (Fsp3) is 0.158. The molecule has 3 rings (SSSR count). The molecule has 0 aliphatic rings. The zero-order chi connectivity index (χ0) is 20.3. The van der Waals surface area contributed by atoms with Crippen molar-refractivity contribution in [2.45, 2.75) is 19.4 Å². The van der Waals surface area contributed by atoms with Crippen LogP contribution in [-0.2, 0) is 16.1 Å². The van der Waals surface area contributed by atoms with E-state index < -0.39 is 17.7 Å². The summed E-state index contributed by atoms with van der Waals surface area (Å²) in [5.41, 5.74) is 1.10. The van der Waals surface area contributed by atoms with E-state index in [4.69, 9.17) is 16.7 Å². The molecule has 1 aromatic heterocycles. The number of fused-ring (bicyclic) bond motifs is 1. The fourth-order valence-corrected chi connectivity index (χ4v) is 2.83. The van der Waals surface area contributed by atoms with Gasteiger partial charge in [-0.15, -0.1) is 0 Å². The predicted molar refractivity (Wildman–Crippen MR) is 102 cm³/mol. The summed E-state index contributed by atoms with van der Waals surface area (Å²) in [7, 11) is 0. The first-order valence-electron chi connectivity index (χ1n) is 8.28. The van der Waals surface area contributed by atoms with Crippen LogP contribution >= 0.6 is 11.6 Å². The second-order valence-electron chi connectivity index (χ2n) is 6.10. The third-order valence-electron chi connectivity index (χ3n) is 4.01. The summed E-state index contributed by atoms with van der Waals surface area (Å²) >= 11 is 5.77. The molecule has 0 aliphatic heterocycles. The zero-order valence-electron chi connectivity index (χ0n) is 14.5. The largest absolute Gasteiger partial charge is 0.481 e. The molecule has 0 spiro atoms. The number of hydrogen-bond acceptors (Lipinski definition) is 4. The standard InChI is InChI=1S/C19H15ClFN3O4/c20-14-7-11(1-3-15(14)21)9-24-10-22-16-4-2-12(8-13(16)19(24)28)23-17(25)5-6-18(26)27/h1-4,7-8,10H,5-6,9H2,(H,23,25)(H,26,27). The Balaban J connectivity index is 1.87. The smallest absolute Gasteiger partial charge is 0.303 e. The highest BCUT2D eigenvalue weighted by molar-refractivity contribution is 6.30. The number of hydrogen-bond donors (Lipinski definition) is 2. The minimum atomic E-state index is -1.07. The summed E-state index contributed by atoms with van der Waals surface area (Å²) in [5, 5.41) is 11.4. The molecule has 1 amide bonds. The molecule has 0 bridgehead atoms. The Labute approximate surface area is 163 Å². The van der Waals surface area contributed by atoms with Crippen molar-refractivity contribution in [1.29, 1.82) is 0 Å². The summed E-state index contributed by atoms with van der Waals surface area (Å²) in [6, 6.07) is 8.84. The van der Waals surface area contributed by atoms with Gasteiger partial charge in [0.1, 0.15) is 5.82 Å². The van der Waals surface area contributed by atoms with E-state index in [9.17, 15) is 18.8 Å². The van der Waals surface area contributed by atoms with Gasteiger partial charge in [0.05, 0.1) is 35.2 Å². The number of carbonyl (C=O) groups is 2. The van der Waals surface area contributed by atoms with Crippen molar-refractivity contribution in [3.05, 3.63) is 69.5 Å². The maximum Gasteiger partial charge on any atom is 0.303 e. The van der Waals surface area contributed by atoms with Crippen molar-refractivity contribution in [3.8, 4) is 0 Å². The Morgan fingerprint density at radius 2 is 1.96 bits per heavy atom. The molecule has 0 aliphatic carbocycles. The number of carboxylic acids is 1. The van der Waals surface area contributed by atoms with Crippen LogP contribution in [0, 0.1) is 5.82 Å². The zero-order valence-corrected chi connectivity index (χ0v) is 15.2. The van der Waals surface area contributed by atoms with Crippen molar-refractivity contribution in [2.75, 3.05) is 5.32 Å². The third-order valence-corrected chi connectivity index (χ3v) is 4.30. The second-order valence-corrected chi connectivity index (χ2v) is 6.51. The van der Waals surface area contributed by atoms with Gasteiger partial charge in [0.25, 0.3) is 5.56 Å². The van der Waals surface area contributed by atoms with E-state index in [0.29, 0.717) is 16.8 Å². The highest BCUT2D eigenvalue weighted by Crippen LogP contribution is 2.18. The van der Waals surface area contributed by atoms with Crippen molar-refractivity contribution < 1.29 is 19.1 Å². The molecule has 0 radical (unpaired) electrons. The molecule has 0 atom stereocenters. The SMILES string of the molecule is O=C(O)CCC(=O)Nc1ccc2ncn(Cc3ccc(F)c(Cl)c3)c(=O)c2c1. The van der Waals surface area contributed by atoms with Gasteiger partial charge in [-0.2, -0.15) is 0 Å². The number of amides is 1. The van der Waals surface area contributed by atoms with Crippen LogP contribution in [0.1, 0.15) is 18.4 Å². The van der Waals surface area contributed by atoms with Crippen LogP contribution in [0.2, 0.25) is 5.02 Å². The van der Waals surface area contributed by atoms with Gasteiger partial charge in [-0.1, -0.05) is 17.7 Å². The lowest BCUT2D eigenvalue weighted by atomic mass is 10.2. The van der Waals surface area contributed by atoms with Crippen LogP contribution < -0.4 is 10.9 Å². The summed E-state index contributed by atoms with van der Waals surface area (Å²) < 4.78 is 14.6. The first-order chi connectivity index (χ1) is 13.3. The number of nitrogens with zero attached hydrogens (tertiary/aromatic N) is 2. The lowest BCUT2D eigenvalue weighted by Gasteiger charge is -2.09. The van der Waals surface area contributed by atoms with Crippen molar-refractivity contribution in [1.82, 2.24) is 9.55 Å². The highest BCUT2D eigenvalue weighted by Gasteiger charge is 2.10. The Kier molecular flexibility index (Phi) is 5.70. The number of benzene rings is 2. The first kappa shape index (κ1) is 19.5. The molecule has 0 saturated carbocycles. The van der Waals surface area contributed by atoms with Crippen LogP contribution in [-0.4, -0.2) is 26.5 Å². The predicted octanol–water partition coefficient (Wildman–Crippen LogP) is 3.04. The molecule has 0 unspecified atom stereocenters. The Hall–Kier alpha value is -3.26. The van der Waals surface area contributed by atoms with Crippen molar-refractivity contribution >= 4 is 40.1 Å². The van der Waals surface area contributed by atoms with E-state index in [1.54, 1.807) is 12.1 Å². The van der Waals surface area contributed by atoms with Gasteiger partial charge in [0.2, 0.25) is 5.91 Å². The average molecular weight is 404 g/mol. The quantitative estimate of drug-likeness (QED) is 0.658. The molecule has 3 aromatic rings. The van der Waals surface area contributed by atoms with E-state index in [-0.39, 0.29) is 35.4 Å². The van der Waals surface area contributed by atoms with Gasteiger partial charge < -0.3 is 10.4 Å². The topological polar surface area (TPSA) is 101 Å². The van der Waals surface area contributed by atoms with Gasteiger partial charge in [0.15, 0.2) is 0 Å². The van der Waals surface area contributed by atoms with Gasteiger partial charge >= 0.3 is 5.97 Å². The summed E-state index contributed by atoms with van der Waals surface area (Å²) in [5.74, 6) is -2.08. The van der Waals surface area contributed by atoms with E-state index in [1.165, 1.54) is 35.2 Å². The molecule has 2 N–H and O–H groups in total. The molecule has 28 heavy (non-hydrogen) atoms. The molecular weight excluding hydrogens is 389 g/mol. The lowest BCUT2D eigenvalue weighted by Crippen LogP contribution is -2.21.